The Morgan fingerprint density at radius 3 is 2.53 bits per heavy atom. The van der Waals surface area contributed by atoms with Crippen molar-refractivity contribution in [2.24, 2.45) is 0 Å². The highest BCUT2D eigenvalue weighted by atomic mass is 16.4. The number of carboxylic acids is 2. The molecule has 0 saturated carbocycles. The second-order valence-corrected chi connectivity index (χ2v) is 8.34. The van der Waals surface area contributed by atoms with E-state index < -0.39 is 41.5 Å². The van der Waals surface area contributed by atoms with Crippen LogP contribution < -0.4 is 16.6 Å². The first-order chi connectivity index (χ1) is 16.1. The zero-order chi connectivity index (χ0) is 24.6. The number of nitrogens with one attached hydrogen (secondary N) is 3. The maximum Gasteiger partial charge on any atom is 0.326 e. The minimum Gasteiger partial charge on any atom is -0.481 e. The first-order valence-electron chi connectivity index (χ1n) is 10.5. The van der Waals surface area contributed by atoms with E-state index in [-0.39, 0.29) is 24.4 Å². The molecule has 178 valence electrons. The van der Waals surface area contributed by atoms with Crippen molar-refractivity contribution in [1.82, 2.24) is 20.3 Å². The van der Waals surface area contributed by atoms with Gasteiger partial charge in [-0.25, -0.2) is 4.79 Å². The number of aromatic nitrogens is 3. The van der Waals surface area contributed by atoms with E-state index >= 15 is 0 Å². The van der Waals surface area contributed by atoms with E-state index in [4.69, 9.17) is 10.8 Å². The molecule has 2 aromatic heterocycles. The van der Waals surface area contributed by atoms with E-state index in [0.717, 1.165) is 5.69 Å². The SMILES string of the molecule is Nc1nc2[nH]c3c(c2c(=O)[nH]1)CC(O)(c1ccc(C(=O)N[C@@H](CCC(=O)O)C(=O)O)cc1)CC3. The Hall–Kier alpha value is -4.19. The number of H-pyrrole nitrogens is 2. The Balaban J connectivity index is 1.54. The minimum atomic E-state index is -1.34. The summed E-state index contributed by atoms with van der Waals surface area (Å²) >= 11 is 0. The zero-order valence-electron chi connectivity index (χ0n) is 17.9. The second kappa shape index (κ2) is 8.63. The Morgan fingerprint density at radius 2 is 1.88 bits per heavy atom. The van der Waals surface area contributed by atoms with Crippen LogP contribution in [0.3, 0.4) is 0 Å². The van der Waals surface area contributed by atoms with E-state index in [0.29, 0.717) is 35.0 Å². The highest BCUT2D eigenvalue weighted by molar-refractivity contribution is 5.96. The maximum absolute atomic E-state index is 12.5. The fourth-order valence-electron chi connectivity index (χ4n) is 4.30. The van der Waals surface area contributed by atoms with Crippen LogP contribution in [0.1, 0.15) is 46.4 Å². The molecule has 1 aliphatic rings. The number of nitrogens with zero attached hydrogens (tertiary/aromatic N) is 1. The van der Waals surface area contributed by atoms with Crippen LogP contribution in [-0.2, 0) is 28.0 Å². The Bertz CT molecular complexity index is 1340. The molecule has 0 spiro atoms. The van der Waals surface area contributed by atoms with Gasteiger partial charge in [0, 0.05) is 24.1 Å². The van der Waals surface area contributed by atoms with Gasteiger partial charge in [0.25, 0.3) is 11.5 Å². The van der Waals surface area contributed by atoms with Gasteiger partial charge in [0.1, 0.15) is 11.7 Å². The Morgan fingerprint density at radius 1 is 1.18 bits per heavy atom. The first kappa shape index (κ1) is 23.0. The van der Waals surface area contributed by atoms with Gasteiger partial charge in [-0.2, -0.15) is 4.98 Å². The number of fused-ring (bicyclic) bond motifs is 3. The lowest BCUT2D eigenvalue weighted by Crippen LogP contribution is -2.41. The van der Waals surface area contributed by atoms with Gasteiger partial charge in [-0.15, -0.1) is 0 Å². The van der Waals surface area contributed by atoms with Gasteiger partial charge in [0.2, 0.25) is 5.95 Å². The smallest absolute Gasteiger partial charge is 0.326 e. The predicted molar refractivity (Wildman–Crippen MR) is 119 cm³/mol. The van der Waals surface area contributed by atoms with Crippen molar-refractivity contribution in [2.45, 2.75) is 43.7 Å². The summed E-state index contributed by atoms with van der Waals surface area (Å²) < 4.78 is 0. The van der Waals surface area contributed by atoms with Crippen LogP contribution in [0, 0.1) is 0 Å². The average molecular weight is 469 g/mol. The molecule has 0 saturated heterocycles. The Kier molecular flexibility index (Phi) is 5.83. The molecule has 2 atom stereocenters. The number of hydrogen-bond acceptors (Lipinski definition) is 7. The number of carbonyl (C=O) groups excluding carboxylic acids is 1. The molecular formula is C22H23N5O7. The van der Waals surface area contributed by atoms with E-state index in [2.05, 4.69) is 20.3 Å². The molecule has 1 amide bonds. The second-order valence-electron chi connectivity index (χ2n) is 8.34. The zero-order valence-corrected chi connectivity index (χ0v) is 17.9. The van der Waals surface area contributed by atoms with Crippen LogP contribution in [0.15, 0.2) is 29.1 Å². The van der Waals surface area contributed by atoms with Crippen LogP contribution in [0.2, 0.25) is 0 Å². The molecule has 34 heavy (non-hydrogen) atoms. The van der Waals surface area contributed by atoms with Crippen molar-refractivity contribution in [1.29, 1.82) is 0 Å². The van der Waals surface area contributed by atoms with E-state index in [1.54, 1.807) is 12.1 Å². The molecule has 0 bridgehead atoms. The standard InChI is InChI=1S/C22H23N5O7/c23-21-26-17-16(19(31)27-21)12-9-22(34,8-7-13(12)24-17)11-3-1-10(2-4-11)18(30)25-14(20(32)33)5-6-15(28)29/h1-4,14,34H,5-9H2,(H,25,30)(H,28,29)(H,32,33)(H4,23,24,26,27,31)/t14-,22?/m0/s1. The number of aliphatic hydroxyl groups is 1. The lowest BCUT2D eigenvalue weighted by Gasteiger charge is -2.32. The summed E-state index contributed by atoms with van der Waals surface area (Å²) in [4.78, 5) is 56.6. The number of nitrogens with two attached hydrogens (primary N) is 1. The summed E-state index contributed by atoms with van der Waals surface area (Å²) in [6.45, 7) is 0. The lowest BCUT2D eigenvalue weighted by molar-refractivity contribution is -0.140. The van der Waals surface area contributed by atoms with Gasteiger partial charge in [-0.05, 0) is 42.5 Å². The Labute approximate surface area is 191 Å². The van der Waals surface area contributed by atoms with Crippen LogP contribution in [0.4, 0.5) is 5.95 Å². The van der Waals surface area contributed by atoms with E-state index in [9.17, 15) is 29.4 Å². The van der Waals surface area contributed by atoms with Crippen LogP contribution in [0.25, 0.3) is 11.0 Å². The van der Waals surface area contributed by atoms with Crippen molar-refractivity contribution in [3.63, 3.8) is 0 Å². The van der Waals surface area contributed by atoms with Gasteiger partial charge in [-0.3, -0.25) is 19.4 Å². The molecule has 3 aromatic rings. The molecule has 4 rings (SSSR count). The number of aromatic amines is 2. The number of rotatable bonds is 7. The normalized spacial score (nSPS) is 18.3. The summed E-state index contributed by atoms with van der Waals surface area (Å²) in [5.74, 6) is -3.17. The van der Waals surface area contributed by atoms with Gasteiger partial charge >= 0.3 is 11.9 Å². The number of aliphatic carboxylic acids is 2. The van der Waals surface area contributed by atoms with Gasteiger partial charge < -0.3 is 31.4 Å². The van der Waals surface area contributed by atoms with Gasteiger partial charge in [0.05, 0.1) is 11.0 Å². The van der Waals surface area contributed by atoms with Crippen molar-refractivity contribution in [2.75, 3.05) is 5.73 Å². The van der Waals surface area contributed by atoms with Crippen LogP contribution in [-0.4, -0.2) is 54.2 Å². The molecule has 0 radical (unpaired) electrons. The molecule has 1 aliphatic carbocycles. The minimum absolute atomic E-state index is 0.00618. The molecule has 1 unspecified atom stereocenters. The van der Waals surface area contributed by atoms with Crippen molar-refractivity contribution in [3.8, 4) is 0 Å². The number of carbonyl (C=O) groups is 3. The summed E-state index contributed by atoms with van der Waals surface area (Å²) in [6.07, 6.45) is 0.333. The number of amides is 1. The number of hydrogen-bond donors (Lipinski definition) is 7. The molecule has 1 aromatic carbocycles. The van der Waals surface area contributed by atoms with Crippen molar-refractivity contribution < 1.29 is 29.7 Å². The highest BCUT2D eigenvalue weighted by Crippen LogP contribution is 2.38. The number of anilines is 1. The van der Waals surface area contributed by atoms with E-state index in [1.165, 1.54) is 12.1 Å². The summed E-state index contributed by atoms with van der Waals surface area (Å²) in [6, 6.07) is 4.72. The topological polar surface area (TPSA) is 211 Å². The third kappa shape index (κ3) is 4.35. The largest absolute Gasteiger partial charge is 0.481 e. The third-order valence-electron chi connectivity index (χ3n) is 6.07. The highest BCUT2D eigenvalue weighted by Gasteiger charge is 2.36. The number of nitrogen functional groups attached to an aromatic ring is 1. The molecular weight excluding hydrogens is 446 g/mol. The number of benzene rings is 1. The molecule has 12 nitrogen and oxygen atoms in total. The molecule has 0 fully saturated rings. The fourth-order valence-corrected chi connectivity index (χ4v) is 4.30. The van der Waals surface area contributed by atoms with Gasteiger partial charge in [0.15, 0.2) is 0 Å². The monoisotopic (exact) mass is 469 g/mol. The summed E-state index contributed by atoms with van der Waals surface area (Å²) in [7, 11) is 0. The quantitative estimate of drug-likeness (QED) is 0.252. The maximum atomic E-state index is 12.5. The van der Waals surface area contributed by atoms with Crippen LogP contribution in [0.5, 0.6) is 0 Å². The lowest BCUT2D eigenvalue weighted by atomic mass is 9.78. The van der Waals surface area contributed by atoms with E-state index in [1.807, 2.05) is 0 Å². The van der Waals surface area contributed by atoms with Crippen molar-refractivity contribution >= 4 is 34.8 Å². The molecule has 2 heterocycles. The predicted octanol–water partition coefficient (Wildman–Crippen LogP) is 0.258. The summed E-state index contributed by atoms with van der Waals surface area (Å²) in [5, 5.41) is 32.0. The van der Waals surface area contributed by atoms with Crippen LogP contribution >= 0.6 is 0 Å². The van der Waals surface area contributed by atoms with Crippen molar-refractivity contribution in [3.05, 3.63) is 57.0 Å². The molecule has 12 heteroatoms. The third-order valence-corrected chi connectivity index (χ3v) is 6.07. The summed E-state index contributed by atoms with van der Waals surface area (Å²) in [5.41, 5.74) is 6.44. The van der Waals surface area contributed by atoms with Gasteiger partial charge in [-0.1, -0.05) is 12.1 Å². The molecule has 8 N–H and O–H groups in total. The number of carboxylic acid groups (broad SMARTS) is 2. The fraction of sp³-hybridized carbons (Fsp3) is 0.318. The average Bonchev–Trinajstić information content (AvgIpc) is 3.13. The first-order valence-corrected chi connectivity index (χ1v) is 10.5. The molecule has 0 aliphatic heterocycles. The number of aryl methyl sites for hydroxylation is 1.